The highest BCUT2D eigenvalue weighted by Crippen LogP contribution is 2.32. The monoisotopic (exact) mass is 606 g/mol. The van der Waals surface area contributed by atoms with Gasteiger partial charge in [-0.3, -0.25) is 14.3 Å². The van der Waals surface area contributed by atoms with Crippen molar-refractivity contribution in [2.45, 2.75) is 19.6 Å². The predicted molar refractivity (Wildman–Crippen MR) is 160 cm³/mol. The van der Waals surface area contributed by atoms with Gasteiger partial charge < -0.3 is 29.5 Å². The number of aliphatic hydroxyl groups is 2. The molecule has 4 rings (SSSR count). The first-order chi connectivity index (χ1) is 19.9. The van der Waals surface area contributed by atoms with E-state index >= 15 is 0 Å². The van der Waals surface area contributed by atoms with E-state index in [2.05, 4.69) is 9.80 Å². The minimum Gasteiger partial charge on any atom is -0.494 e. The number of halogens is 2. The topological polar surface area (TPSA) is 108 Å². The summed E-state index contributed by atoms with van der Waals surface area (Å²) in [6, 6.07) is 14.3. The minimum atomic E-state index is -0.723. The molecule has 2 aromatic carbocycles. The summed E-state index contributed by atoms with van der Waals surface area (Å²) in [5.74, 6) is 0.623. The number of benzene rings is 2. The van der Waals surface area contributed by atoms with Crippen LogP contribution in [0.25, 0.3) is 10.9 Å². The van der Waals surface area contributed by atoms with E-state index in [9.17, 15) is 9.59 Å². The molecule has 0 unspecified atom stereocenters. The third-order valence-corrected chi connectivity index (χ3v) is 7.87. The molecule has 1 amide bonds. The first-order valence-electron chi connectivity index (χ1n) is 13.7. The normalized spacial score (nSPS) is 13.9. The molecule has 2 N–H and O–H groups in total. The van der Waals surface area contributed by atoms with Crippen molar-refractivity contribution >= 4 is 45.9 Å². The summed E-state index contributed by atoms with van der Waals surface area (Å²) in [5.41, 5.74) is 1.24. The Balaban J connectivity index is 1.25. The fraction of sp³-hybridized carbons (Fsp3) is 0.448. The number of hydrogen-bond donors (Lipinski definition) is 2. The SMILES string of the molecule is O=C(OCn1c(=O)ccc2ccc(OCCCCN3CCN(c4cccc(Cl)c4Cl)CC3)cc21)N(CCO)CCO. The van der Waals surface area contributed by atoms with Crippen molar-refractivity contribution in [1.29, 1.82) is 0 Å². The first kappa shape index (κ1) is 30.9. The number of carbonyl (C=O) groups excluding carboxylic acids is 1. The Labute approximate surface area is 249 Å². The van der Waals surface area contributed by atoms with E-state index in [4.69, 9.17) is 42.9 Å². The van der Waals surface area contributed by atoms with Crippen LogP contribution in [0, 0.1) is 0 Å². The molecular formula is C29H36Cl2N4O6. The lowest BCUT2D eigenvalue weighted by Gasteiger charge is -2.36. The van der Waals surface area contributed by atoms with Gasteiger partial charge >= 0.3 is 6.09 Å². The quantitative estimate of drug-likeness (QED) is 0.284. The third kappa shape index (κ3) is 8.27. The Morgan fingerprint density at radius 3 is 2.41 bits per heavy atom. The molecule has 0 radical (unpaired) electrons. The van der Waals surface area contributed by atoms with Crippen LogP contribution < -0.4 is 15.2 Å². The highest BCUT2D eigenvalue weighted by Gasteiger charge is 2.19. The van der Waals surface area contributed by atoms with E-state index in [0.717, 1.165) is 56.6 Å². The number of pyridine rings is 1. The second-order valence-corrected chi connectivity index (χ2v) is 10.5. The zero-order chi connectivity index (χ0) is 29.2. The molecule has 0 aliphatic carbocycles. The second kappa shape index (κ2) is 15.3. The fourth-order valence-corrected chi connectivity index (χ4v) is 5.23. The van der Waals surface area contributed by atoms with Gasteiger partial charge in [-0.25, -0.2) is 4.79 Å². The van der Waals surface area contributed by atoms with Crippen molar-refractivity contribution in [2.75, 3.05) is 70.5 Å². The molecule has 1 aliphatic rings. The first-order valence-corrected chi connectivity index (χ1v) is 14.5. The summed E-state index contributed by atoms with van der Waals surface area (Å²) >= 11 is 12.6. The average Bonchev–Trinajstić information content (AvgIpc) is 2.98. The highest BCUT2D eigenvalue weighted by atomic mass is 35.5. The summed E-state index contributed by atoms with van der Waals surface area (Å²) in [5, 5.41) is 20.3. The Kier molecular flexibility index (Phi) is 11.5. The van der Waals surface area contributed by atoms with Gasteiger partial charge in [-0.05, 0) is 55.1 Å². The molecule has 2 heterocycles. The Morgan fingerprint density at radius 1 is 0.951 bits per heavy atom. The maximum Gasteiger partial charge on any atom is 0.411 e. The summed E-state index contributed by atoms with van der Waals surface area (Å²) < 4.78 is 12.6. The van der Waals surface area contributed by atoms with Gasteiger partial charge in [0.15, 0.2) is 6.73 Å². The summed E-state index contributed by atoms with van der Waals surface area (Å²) in [4.78, 5) is 30.8. The van der Waals surface area contributed by atoms with Crippen LogP contribution in [0.3, 0.4) is 0 Å². The highest BCUT2D eigenvalue weighted by molar-refractivity contribution is 6.43. The van der Waals surface area contributed by atoms with Crippen LogP contribution >= 0.6 is 23.2 Å². The van der Waals surface area contributed by atoms with Crippen molar-refractivity contribution in [2.24, 2.45) is 0 Å². The Bertz CT molecular complexity index is 1360. The van der Waals surface area contributed by atoms with Crippen LogP contribution in [0.4, 0.5) is 10.5 Å². The number of hydrogen-bond acceptors (Lipinski definition) is 8. The van der Waals surface area contributed by atoms with Crippen molar-refractivity contribution in [1.82, 2.24) is 14.4 Å². The zero-order valence-corrected chi connectivity index (χ0v) is 24.4. The van der Waals surface area contributed by atoms with Crippen molar-refractivity contribution in [3.05, 3.63) is 68.9 Å². The molecule has 0 spiro atoms. The molecule has 3 aromatic rings. The summed E-state index contributed by atoms with van der Waals surface area (Å²) in [6.45, 7) is 4.42. The van der Waals surface area contributed by atoms with Crippen molar-refractivity contribution in [3.63, 3.8) is 0 Å². The number of unbranched alkanes of at least 4 members (excludes halogenated alkanes) is 1. The van der Waals surface area contributed by atoms with Crippen LogP contribution in [-0.4, -0.2) is 96.3 Å². The standard InChI is InChI=1S/C29H36Cl2N4O6/c30-24-4-3-5-25(28(24)31)33-13-11-32(12-14-33)10-1-2-19-40-23-8-6-22-7-9-27(38)35(26(22)20-23)21-41-29(39)34(15-17-36)16-18-37/h3-9,20,36-37H,1-2,10-19,21H2. The van der Waals surface area contributed by atoms with Crippen LogP contribution in [0.1, 0.15) is 12.8 Å². The molecular weight excluding hydrogens is 571 g/mol. The van der Waals surface area contributed by atoms with Gasteiger partial charge in [0.25, 0.3) is 5.56 Å². The zero-order valence-electron chi connectivity index (χ0n) is 22.9. The second-order valence-electron chi connectivity index (χ2n) is 9.75. The third-order valence-electron chi connectivity index (χ3n) is 7.06. The molecule has 1 saturated heterocycles. The van der Waals surface area contributed by atoms with Gasteiger partial charge in [-0.2, -0.15) is 0 Å². The summed E-state index contributed by atoms with van der Waals surface area (Å²) in [6.07, 6.45) is 1.15. The molecule has 0 bridgehead atoms. The van der Waals surface area contributed by atoms with Gasteiger partial charge in [0.2, 0.25) is 0 Å². The molecule has 0 saturated carbocycles. The van der Waals surface area contributed by atoms with E-state index in [0.29, 0.717) is 27.9 Å². The molecule has 10 nitrogen and oxygen atoms in total. The number of fused-ring (bicyclic) bond motifs is 1. The average molecular weight is 608 g/mol. The Morgan fingerprint density at radius 2 is 1.68 bits per heavy atom. The van der Waals surface area contributed by atoms with Gasteiger partial charge in [-0.1, -0.05) is 29.3 Å². The van der Waals surface area contributed by atoms with Gasteiger partial charge in [0.1, 0.15) is 5.75 Å². The van der Waals surface area contributed by atoms with Crippen LogP contribution in [-0.2, 0) is 11.5 Å². The lowest BCUT2D eigenvalue weighted by Crippen LogP contribution is -2.46. The number of rotatable bonds is 13. The van der Waals surface area contributed by atoms with E-state index in [1.165, 1.54) is 15.5 Å². The minimum absolute atomic E-state index is 0.0237. The number of anilines is 1. The van der Waals surface area contributed by atoms with Crippen molar-refractivity contribution < 1.29 is 24.5 Å². The van der Waals surface area contributed by atoms with E-state index in [1.807, 2.05) is 24.3 Å². The number of piperazine rings is 1. The van der Waals surface area contributed by atoms with E-state index in [-0.39, 0.29) is 38.6 Å². The number of aliphatic hydroxyl groups excluding tert-OH is 2. The lowest BCUT2D eigenvalue weighted by molar-refractivity contribution is 0.0641. The molecule has 1 fully saturated rings. The maximum absolute atomic E-state index is 12.6. The molecule has 12 heteroatoms. The number of nitrogens with zero attached hydrogens (tertiary/aromatic N) is 4. The van der Waals surface area contributed by atoms with E-state index in [1.54, 1.807) is 18.2 Å². The number of aromatic nitrogens is 1. The van der Waals surface area contributed by atoms with Gasteiger partial charge in [-0.15, -0.1) is 0 Å². The van der Waals surface area contributed by atoms with Crippen LogP contribution in [0.15, 0.2) is 53.3 Å². The molecule has 1 aliphatic heterocycles. The lowest BCUT2D eigenvalue weighted by atomic mass is 10.2. The summed E-state index contributed by atoms with van der Waals surface area (Å²) in [7, 11) is 0. The fourth-order valence-electron chi connectivity index (χ4n) is 4.81. The smallest absolute Gasteiger partial charge is 0.411 e. The predicted octanol–water partition coefficient (Wildman–Crippen LogP) is 3.67. The van der Waals surface area contributed by atoms with Crippen LogP contribution in [0.2, 0.25) is 10.0 Å². The maximum atomic E-state index is 12.6. The van der Waals surface area contributed by atoms with Gasteiger partial charge in [0, 0.05) is 51.4 Å². The van der Waals surface area contributed by atoms with E-state index < -0.39 is 6.09 Å². The Hall–Kier alpha value is -3.02. The largest absolute Gasteiger partial charge is 0.494 e. The van der Waals surface area contributed by atoms with Crippen molar-refractivity contribution in [3.8, 4) is 5.75 Å². The molecule has 222 valence electrons. The molecule has 0 atom stereocenters. The van der Waals surface area contributed by atoms with Crippen LogP contribution in [0.5, 0.6) is 5.75 Å². The van der Waals surface area contributed by atoms with Gasteiger partial charge in [0.05, 0.1) is 41.1 Å². The molecule has 41 heavy (non-hydrogen) atoms. The number of carbonyl (C=O) groups is 1. The number of ether oxygens (including phenoxy) is 2. The number of amides is 1. The molecule has 1 aromatic heterocycles.